The summed E-state index contributed by atoms with van der Waals surface area (Å²) in [5.41, 5.74) is 0.471. The van der Waals surface area contributed by atoms with Gasteiger partial charge in [-0.15, -0.1) is 11.6 Å². The van der Waals surface area contributed by atoms with Crippen LogP contribution in [0.4, 0.5) is 0 Å². The van der Waals surface area contributed by atoms with Crippen LogP contribution in [0.1, 0.15) is 34.5 Å². The number of carboxylic acid groups (broad SMARTS) is 1. The summed E-state index contributed by atoms with van der Waals surface area (Å²) in [6.07, 6.45) is -1.85. The highest BCUT2D eigenvalue weighted by molar-refractivity contribution is 6.27. The zero-order chi connectivity index (χ0) is 16.0. The Morgan fingerprint density at radius 1 is 1.29 bits per heavy atom. The summed E-state index contributed by atoms with van der Waals surface area (Å²) < 4.78 is 4.83. The number of benzene rings is 1. The molecule has 0 aliphatic rings. The van der Waals surface area contributed by atoms with Crippen LogP contribution in [0, 0.1) is 0 Å². The Kier molecular flexibility index (Phi) is 6.33. The third-order valence-corrected chi connectivity index (χ3v) is 2.92. The van der Waals surface area contributed by atoms with E-state index < -0.39 is 18.0 Å². The van der Waals surface area contributed by atoms with Crippen molar-refractivity contribution in [1.29, 1.82) is 0 Å². The lowest BCUT2D eigenvalue weighted by atomic mass is 9.99. The zero-order valence-electron chi connectivity index (χ0n) is 11.3. The SMILES string of the molecule is CCOC(=O)c1cc(CC(=O)CCl)cc(C(O)C(=O)O)c1. The molecular formula is C14H15ClO6. The lowest BCUT2D eigenvalue weighted by Crippen LogP contribution is -2.14. The van der Waals surface area contributed by atoms with Crippen LogP contribution in [0.2, 0.25) is 0 Å². The Balaban J connectivity index is 3.21. The van der Waals surface area contributed by atoms with Gasteiger partial charge in [-0.3, -0.25) is 4.79 Å². The summed E-state index contributed by atoms with van der Waals surface area (Å²) in [7, 11) is 0. The largest absolute Gasteiger partial charge is 0.479 e. The van der Waals surface area contributed by atoms with Crippen molar-refractivity contribution in [3.63, 3.8) is 0 Å². The third kappa shape index (κ3) is 4.84. The molecule has 0 radical (unpaired) electrons. The number of aliphatic carboxylic acids is 1. The molecule has 1 atom stereocenters. The molecule has 0 aliphatic heterocycles. The topological polar surface area (TPSA) is 101 Å². The number of halogens is 1. The van der Waals surface area contributed by atoms with E-state index in [9.17, 15) is 19.5 Å². The normalized spacial score (nSPS) is 11.8. The fraction of sp³-hybridized carbons (Fsp3) is 0.357. The summed E-state index contributed by atoms with van der Waals surface area (Å²) in [5.74, 6) is -2.59. The van der Waals surface area contributed by atoms with E-state index in [0.29, 0.717) is 5.56 Å². The molecule has 0 spiro atoms. The molecule has 6 nitrogen and oxygen atoms in total. The number of carbonyl (C=O) groups is 3. The van der Waals surface area contributed by atoms with E-state index in [1.807, 2.05) is 0 Å². The van der Waals surface area contributed by atoms with Gasteiger partial charge in [0.2, 0.25) is 0 Å². The van der Waals surface area contributed by atoms with E-state index in [1.54, 1.807) is 6.92 Å². The van der Waals surface area contributed by atoms with Gasteiger partial charge in [0.1, 0.15) is 0 Å². The molecule has 0 saturated heterocycles. The standard InChI is InChI=1S/C14H15ClO6/c1-2-21-14(20)10-4-8(5-11(16)7-15)3-9(6-10)12(17)13(18)19/h3-4,6,12,17H,2,5,7H2,1H3,(H,18,19). The molecule has 21 heavy (non-hydrogen) atoms. The van der Waals surface area contributed by atoms with Crippen molar-refractivity contribution in [1.82, 2.24) is 0 Å². The summed E-state index contributed by atoms with van der Waals surface area (Å²) in [5, 5.41) is 18.4. The fourth-order valence-electron chi connectivity index (χ4n) is 1.73. The van der Waals surface area contributed by atoms with Crippen LogP contribution in [0.5, 0.6) is 0 Å². The van der Waals surface area contributed by atoms with Crippen molar-refractivity contribution in [2.45, 2.75) is 19.4 Å². The van der Waals surface area contributed by atoms with Crippen LogP contribution >= 0.6 is 11.6 Å². The van der Waals surface area contributed by atoms with Crippen molar-refractivity contribution in [2.24, 2.45) is 0 Å². The van der Waals surface area contributed by atoms with Crippen molar-refractivity contribution in [3.05, 3.63) is 34.9 Å². The van der Waals surface area contributed by atoms with Gasteiger partial charge in [-0.05, 0) is 30.2 Å². The number of hydrogen-bond donors (Lipinski definition) is 2. The van der Waals surface area contributed by atoms with E-state index in [4.69, 9.17) is 21.4 Å². The number of alkyl halides is 1. The van der Waals surface area contributed by atoms with Gasteiger partial charge >= 0.3 is 11.9 Å². The number of rotatable bonds is 7. The Morgan fingerprint density at radius 2 is 1.95 bits per heavy atom. The van der Waals surface area contributed by atoms with Crippen molar-refractivity contribution >= 4 is 29.3 Å². The first-order valence-electron chi connectivity index (χ1n) is 6.18. The van der Waals surface area contributed by atoms with Crippen LogP contribution in [0.15, 0.2) is 18.2 Å². The van der Waals surface area contributed by atoms with Gasteiger partial charge in [-0.25, -0.2) is 9.59 Å². The van der Waals surface area contributed by atoms with Crippen molar-refractivity contribution in [3.8, 4) is 0 Å². The van der Waals surface area contributed by atoms with Crippen LogP contribution in [-0.4, -0.2) is 40.4 Å². The average molecular weight is 315 g/mol. The Bertz CT molecular complexity index is 554. The minimum atomic E-state index is -1.79. The van der Waals surface area contributed by atoms with Crippen molar-refractivity contribution < 1.29 is 29.3 Å². The summed E-state index contributed by atoms with van der Waals surface area (Å²) in [6.45, 7) is 1.78. The second-order valence-corrected chi connectivity index (χ2v) is 4.54. The van der Waals surface area contributed by atoms with Crippen LogP contribution < -0.4 is 0 Å². The third-order valence-electron chi connectivity index (χ3n) is 2.63. The van der Waals surface area contributed by atoms with E-state index in [0.717, 1.165) is 0 Å². The van der Waals surface area contributed by atoms with Crippen LogP contribution in [-0.2, 0) is 20.7 Å². The molecular weight excluding hydrogens is 300 g/mol. The Hall–Kier alpha value is -1.92. The van der Waals surface area contributed by atoms with Gasteiger partial charge in [0.25, 0.3) is 0 Å². The maximum absolute atomic E-state index is 11.7. The molecule has 1 unspecified atom stereocenters. The molecule has 1 aromatic rings. The van der Waals surface area contributed by atoms with E-state index in [1.165, 1.54) is 18.2 Å². The zero-order valence-corrected chi connectivity index (χ0v) is 12.1. The smallest absolute Gasteiger partial charge is 0.338 e. The molecule has 0 aromatic heterocycles. The van der Waals surface area contributed by atoms with Gasteiger partial charge < -0.3 is 14.9 Å². The van der Waals surface area contributed by atoms with Gasteiger partial charge in [0.15, 0.2) is 11.9 Å². The van der Waals surface area contributed by atoms with Gasteiger partial charge in [-0.2, -0.15) is 0 Å². The predicted octanol–water partition coefficient (Wildman–Crippen LogP) is 1.33. The fourth-order valence-corrected chi connectivity index (χ4v) is 1.82. The highest BCUT2D eigenvalue weighted by atomic mass is 35.5. The lowest BCUT2D eigenvalue weighted by Gasteiger charge is -2.11. The second-order valence-electron chi connectivity index (χ2n) is 4.27. The number of ether oxygens (including phenoxy) is 1. The molecule has 7 heteroatoms. The monoisotopic (exact) mass is 314 g/mol. The molecule has 0 heterocycles. The van der Waals surface area contributed by atoms with E-state index >= 15 is 0 Å². The van der Waals surface area contributed by atoms with Gasteiger partial charge in [0, 0.05) is 6.42 Å². The first-order valence-corrected chi connectivity index (χ1v) is 6.72. The number of hydrogen-bond acceptors (Lipinski definition) is 5. The van der Waals surface area contributed by atoms with Crippen LogP contribution in [0.3, 0.4) is 0 Å². The van der Waals surface area contributed by atoms with Gasteiger partial charge in [0.05, 0.1) is 18.1 Å². The first-order chi connectivity index (χ1) is 9.88. The van der Waals surface area contributed by atoms with E-state index in [2.05, 4.69) is 0 Å². The molecule has 0 amide bonds. The molecule has 0 bridgehead atoms. The highest BCUT2D eigenvalue weighted by Gasteiger charge is 2.20. The molecule has 0 saturated carbocycles. The molecule has 2 N–H and O–H groups in total. The summed E-state index contributed by atoms with van der Waals surface area (Å²) >= 11 is 5.42. The van der Waals surface area contributed by atoms with Crippen molar-refractivity contribution in [2.75, 3.05) is 12.5 Å². The quantitative estimate of drug-likeness (QED) is 0.581. The van der Waals surface area contributed by atoms with E-state index in [-0.39, 0.29) is 35.8 Å². The first kappa shape index (κ1) is 17.1. The molecule has 0 fully saturated rings. The molecule has 114 valence electrons. The maximum atomic E-state index is 11.7. The Labute approximate surface area is 126 Å². The average Bonchev–Trinajstić information content (AvgIpc) is 2.46. The summed E-state index contributed by atoms with van der Waals surface area (Å²) in [4.78, 5) is 34.0. The lowest BCUT2D eigenvalue weighted by molar-refractivity contribution is -0.146. The Morgan fingerprint density at radius 3 is 2.48 bits per heavy atom. The molecule has 1 aromatic carbocycles. The minimum Gasteiger partial charge on any atom is -0.479 e. The number of aliphatic hydroxyl groups is 1. The number of carbonyl (C=O) groups excluding carboxylic acids is 2. The molecule has 1 rings (SSSR count). The number of carboxylic acids is 1. The number of aliphatic hydroxyl groups excluding tert-OH is 1. The second kappa shape index (κ2) is 7.75. The minimum absolute atomic E-state index is 0.00502. The predicted molar refractivity (Wildman–Crippen MR) is 74.4 cm³/mol. The number of Topliss-reactive ketones (excluding diaryl/α,β-unsaturated/α-hetero) is 1. The maximum Gasteiger partial charge on any atom is 0.338 e. The number of esters is 1. The van der Waals surface area contributed by atoms with Gasteiger partial charge in [-0.1, -0.05) is 6.07 Å². The summed E-state index contributed by atoms with van der Waals surface area (Å²) in [6, 6.07) is 4.00. The van der Waals surface area contributed by atoms with Crippen LogP contribution in [0.25, 0.3) is 0 Å². The highest BCUT2D eigenvalue weighted by Crippen LogP contribution is 2.19. The number of ketones is 1. The molecule has 0 aliphatic carbocycles.